The molecule has 0 saturated heterocycles. The standard InChI is InChI=1S/C15H18ClN5O/c1-10(2)9-19-15(17)18-8-7-13-20-14(21-22-13)11-3-5-12(16)6-4-11/h3-6H,1,7-9H2,2H3,(H3,17,18,19). The Labute approximate surface area is 134 Å². The van der Waals surface area contributed by atoms with E-state index in [1.54, 1.807) is 12.1 Å². The highest BCUT2D eigenvalue weighted by Crippen LogP contribution is 2.18. The number of hydrogen-bond acceptors (Lipinski definition) is 4. The number of nitrogens with zero attached hydrogens (tertiary/aromatic N) is 3. The maximum atomic E-state index is 5.85. The van der Waals surface area contributed by atoms with Gasteiger partial charge in [-0.15, -0.1) is 0 Å². The van der Waals surface area contributed by atoms with E-state index in [1.165, 1.54) is 0 Å². The maximum absolute atomic E-state index is 5.85. The molecule has 7 heteroatoms. The molecule has 22 heavy (non-hydrogen) atoms. The van der Waals surface area contributed by atoms with Gasteiger partial charge in [0.25, 0.3) is 0 Å². The molecule has 3 N–H and O–H groups in total. The average Bonchev–Trinajstić information content (AvgIpc) is 2.95. The lowest BCUT2D eigenvalue weighted by Crippen LogP contribution is -2.33. The molecule has 0 saturated carbocycles. The Morgan fingerprint density at radius 3 is 2.82 bits per heavy atom. The third-order valence-corrected chi connectivity index (χ3v) is 2.99. The minimum Gasteiger partial charge on any atom is -0.370 e. The summed E-state index contributed by atoms with van der Waals surface area (Å²) in [7, 11) is 0. The van der Waals surface area contributed by atoms with Crippen LogP contribution >= 0.6 is 11.6 Å². The molecule has 0 bridgehead atoms. The van der Waals surface area contributed by atoms with Gasteiger partial charge in [-0.25, -0.2) is 4.99 Å². The molecule has 0 amide bonds. The summed E-state index contributed by atoms with van der Waals surface area (Å²) in [4.78, 5) is 8.45. The van der Waals surface area contributed by atoms with E-state index in [4.69, 9.17) is 21.9 Å². The maximum Gasteiger partial charge on any atom is 0.228 e. The molecule has 6 nitrogen and oxygen atoms in total. The first kappa shape index (κ1) is 16.0. The summed E-state index contributed by atoms with van der Waals surface area (Å²) in [5.74, 6) is 1.45. The van der Waals surface area contributed by atoms with Crippen LogP contribution in [0.1, 0.15) is 12.8 Å². The molecule has 0 spiro atoms. The predicted octanol–water partition coefficient (Wildman–Crippen LogP) is 2.41. The molecule has 0 aliphatic carbocycles. The number of benzene rings is 1. The highest BCUT2D eigenvalue weighted by molar-refractivity contribution is 6.30. The van der Waals surface area contributed by atoms with Gasteiger partial charge in [-0.3, -0.25) is 0 Å². The Morgan fingerprint density at radius 2 is 2.14 bits per heavy atom. The zero-order chi connectivity index (χ0) is 15.9. The van der Waals surface area contributed by atoms with Gasteiger partial charge >= 0.3 is 0 Å². The number of aromatic nitrogens is 2. The van der Waals surface area contributed by atoms with Crippen LogP contribution in [0.5, 0.6) is 0 Å². The Balaban J connectivity index is 1.86. The molecular formula is C15H18ClN5O. The van der Waals surface area contributed by atoms with Gasteiger partial charge in [0.1, 0.15) is 0 Å². The lowest BCUT2D eigenvalue weighted by atomic mass is 10.2. The molecule has 0 aliphatic rings. The van der Waals surface area contributed by atoms with Crippen LogP contribution in [0.15, 0.2) is 45.9 Å². The molecule has 0 unspecified atom stereocenters. The quantitative estimate of drug-likeness (QED) is 0.485. The Bertz CT molecular complexity index is 663. The lowest BCUT2D eigenvalue weighted by molar-refractivity contribution is 0.379. The molecular weight excluding hydrogens is 302 g/mol. The molecule has 1 heterocycles. The number of aliphatic imine (C=N–C) groups is 1. The van der Waals surface area contributed by atoms with Crippen molar-refractivity contribution in [1.29, 1.82) is 0 Å². The fourth-order valence-electron chi connectivity index (χ4n) is 1.65. The molecule has 0 aliphatic heterocycles. The van der Waals surface area contributed by atoms with Crippen molar-refractivity contribution < 1.29 is 4.52 Å². The second kappa shape index (κ2) is 7.61. The largest absolute Gasteiger partial charge is 0.370 e. The SMILES string of the molecule is C=C(C)CN=C(N)NCCc1nc(-c2ccc(Cl)cc2)no1. The van der Waals surface area contributed by atoms with Gasteiger partial charge < -0.3 is 15.6 Å². The highest BCUT2D eigenvalue weighted by Gasteiger charge is 2.08. The van der Waals surface area contributed by atoms with Crippen LogP contribution in [0.2, 0.25) is 5.02 Å². The summed E-state index contributed by atoms with van der Waals surface area (Å²) in [5.41, 5.74) is 7.52. The molecule has 2 aromatic rings. The summed E-state index contributed by atoms with van der Waals surface area (Å²) in [6.45, 7) is 6.73. The van der Waals surface area contributed by atoms with Gasteiger partial charge in [-0.05, 0) is 31.2 Å². The van der Waals surface area contributed by atoms with Gasteiger partial charge in [-0.1, -0.05) is 28.9 Å². The van der Waals surface area contributed by atoms with Gasteiger partial charge in [0.15, 0.2) is 5.96 Å². The summed E-state index contributed by atoms with van der Waals surface area (Å²) >= 11 is 5.85. The Hall–Kier alpha value is -2.34. The van der Waals surface area contributed by atoms with Crippen LogP contribution in [0.3, 0.4) is 0 Å². The van der Waals surface area contributed by atoms with Gasteiger partial charge in [0, 0.05) is 23.6 Å². The first-order valence-corrected chi connectivity index (χ1v) is 7.19. The smallest absolute Gasteiger partial charge is 0.228 e. The molecule has 0 radical (unpaired) electrons. The van der Waals surface area contributed by atoms with E-state index in [0.717, 1.165) is 11.1 Å². The van der Waals surface area contributed by atoms with Gasteiger partial charge in [0.05, 0.1) is 6.54 Å². The number of nitrogens with one attached hydrogen (secondary N) is 1. The van der Waals surface area contributed by atoms with Crippen LogP contribution in [-0.4, -0.2) is 29.2 Å². The molecule has 2 rings (SSSR count). The van der Waals surface area contributed by atoms with E-state index < -0.39 is 0 Å². The highest BCUT2D eigenvalue weighted by atomic mass is 35.5. The van der Waals surface area contributed by atoms with Crippen LogP contribution in [0, 0.1) is 0 Å². The second-order valence-electron chi connectivity index (χ2n) is 4.85. The van der Waals surface area contributed by atoms with Crippen molar-refractivity contribution in [2.24, 2.45) is 10.7 Å². The van der Waals surface area contributed by atoms with E-state index in [1.807, 2.05) is 19.1 Å². The first-order chi connectivity index (χ1) is 10.5. The number of rotatable bonds is 6. The first-order valence-electron chi connectivity index (χ1n) is 6.81. The van der Waals surface area contributed by atoms with Crippen molar-refractivity contribution in [1.82, 2.24) is 15.5 Å². The van der Waals surface area contributed by atoms with Crippen molar-refractivity contribution in [3.8, 4) is 11.4 Å². The summed E-state index contributed by atoms with van der Waals surface area (Å²) in [6, 6.07) is 7.26. The van der Waals surface area contributed by atoms with Gasteiger partial charge in [-0.2, -0.15) is 4.98 Å². The van der Waals surface area contributed by atoms with E-state index in [-0.39, 0.29) is 0 Å². The third kappa shape index (κ3) is 4.89. The summed E-state index contributed by atoms with van der Waals surface area (Å²) in [6.07, 6.45) is 0.559. The van der Waals surface area contributed by atoms with E-state index in [2.05, 4.69) is 27.0 Å². The monoisotopic (exact) mass is 319 g/mol. The Morgan fingerprint density at radius 1 is 1.41 bits per heavy atom. The van der Waals surface area contributed by atoms with Crippen molar-refractivity contribution in [2.75, 3.05) is 13.1 Å². The topological polar surface area (TPSA) is 89.3 Å². The zero-order valence-electron chi connectivity index (χ0n) is 12.3. The minimum absolute atomic E-state index is 0.375. The third-order valence-electron chi connectivity index (χ3n) is 2.73. The average molecular weight is 320 g/mol. The number of halogens is 1. The second-order valence-corrected chi connectivity index (χ2v) is 5.29. The minimum atomic E-state index is 0.375. The van der Waals surface area contributed by atoms with Crippen molar-refractivity contribution in [3.05, 3.63) is 47.3 Å². The number of guanidine groups is 1. The van der Waals surface area contributed by atoms with Crippen molar-refractivity contribution >= 4 is 17.6 Å². The van der Waals surface area contributed by atoms with Crippen LogP contribution < -0.4 is 11.1 Å². The molecule has 1 aromatic heterocycles. The molecule has 0 atom stereocenters. The Kier molecular flexibility index (Phi) is 5.55. The zero-order valence-corrected chi connectivity index (χ0v) is 13.1. The van der Waals surface area contributed by atoms with E-state index in [0.29, 0.717) is 42.2 Å². The van der Waals surface area contributed by atoms with E-state index >= 15 is 0 Å². The predicted molar refractivity (Wildman–Crippen MR) is 87.8 cm³/mol. The fourth-order valence-corrected chi connectivity index (χ4v) is 1.77. The number of nitrogens with two attached hydrogens (primary N) is 1. The molecule has 1 aromatic carbocycles. The van der Waals surface area contributed by atoms with Crippen LogP contribution in [0.25, 0.3) is 11.4 Å². The number of hydrogen-bond donors (Lipinski definition) is 2. The normalized spacial score (nSPS) is 11.5. The summed E-state index contributed by atoms with van der Waals surface area (Å²) in [5, 5.41) is 7.60. The van der Waals surface area contributed by atoms with Crippen molar-refractivity contribution in [2.45, 2.75) is 13.3 Å². The molecule has 0 fully saturated rings. The lowest BCUT2D eigenvalue weighted by Gasteiger charge is -2.03. The van der Waals surface area contributed by atoms with Gasteiger partial charge in [0.2, 0.25) is 11.7 Å². The summed E-state index contributed by atoms with van der Waals surface area (Å²) < 4.78 is 5.20. The van der Waals surface area contributed by atoms with Crippen LogP contribution in [0.4, 0.5) is 0 Å². The van der Waals surface area contributed by atoms with E-state index in [9.17, 15) is 0 Å². The fraction of sp³-hybridized carbons (Fsp3) is 0.267. The van der Waals surface area contributed by atoms with Crippen molar-refractivity contribution in [3.63, 3.8) is 0 Å². The van der Waals surface area contributed by atoms with Crippen LogP contribution in [-0.2, 0) is 6.42 Å². The molecule has 116 valence electrons.